The zero-order valence-electron chi connectivity index (χ0n) is 10.1. The normalized spacial score (nSPS) is 14.1. The van der Waals surface area contributed by atoms with Gasteiger partial charge in [-0.25, -0.2) is 5.06 Å². The maximum atomic E-state index is 11.6. The van der Waals surface area contributed by atoms with Crippen LogP contribution in [0.4, 0.5) is 0 Å². The fraction of sp³-hybridized carbons (Fsp3) is 0.417. The van der Waals surface area contributed by atoms with Crippen molar-refractivity contribution in [2.24, 2.45) is 5.73 Å². The average molecular weight is 238 g/mol. The maximum Gasteiger partial charge on any atom is 0.292 e. The Kier molecular flexibility index (Phi) is 4.62. The van der Waals surface area contributed by atoms with Crippen LogP contribution in [0.3, 0.4) is 0 Å². The van der Waals surface area contributed by atoms with Crippen LogP contribution in [0.2, 0.25) is 0 Å². The second-order valence-corrected chi connectivity index (χ2v) is 3.90. The molecule has 0 aliphatic heterocycles. The fourth-order valence-electron chi connectivity index (χ4n) is 1.44. The Labute approximate surface area is 101 Å². The fourth-order valence-corrected chi connectivity index (χ4v) is 1.44. The number of carbonyl (C=O) groups excluding carboxylic acids is 1. The molecule has 94 valence electrons. The first-order valence-corrected chi connectivity index (χ1v) is 5.35. The Bertz CT molecular complexity index is 365. The third-order valence-electron chi connectivity index (χ3n) is 2.57. The van der Waals surface area contributed by atoms with Gasteiger partial charge in [-0.3, -0.25) is 15.4 Å². The Morgan fingerprint density at radius 2 is 2.06 bits per heavy atom. The Morgan fingerprint density at radius 1 is 1.47 bits per heavy atom. The molecule has 17 heavy (non-hydrogen) atoms. The van der Waals surface area contributed by atoms with Gasteiger partial charge in [-0.15, -0.1) is 0 Å². The van der Waals surface area contributed by atoms with Crippen molar-refractivity contribution in [3.8, 4) is 0 Å². The number of aliphatic hydroxyl groups is 1. The summed E-state index contributed by atoms with van der Waals surface area (Å²) in [5, 5.41) is 10.8. The maximum absolute atomic E-state index is 11.6. The standard InChI is InChI=1S/C12H18N2O3/c1-14(17-2)11(15)12(13,16)9-8-10-6-4-3-5-7-10/h3-7,16H,8-9,13H2,1-2H3. The second kappa shape index (κ2) is 5.77. The van der Waals surface area contributed by atoms with Crippen molar-refractivity contribution in [2.75, 3.05) is 14.2 Å². The largest absolute Gasteiger partial charge is 0.367 e. The Balaban J connectivity index is 2.58. The number of hydrogen-bond acceptors (Lipinski definition) is 4. The molecule has 1 aromatic carbocycles. The molecule has 0 spiro atoms. The van der Waals surface area contributed by atoms with E-state index in [0.29, 0.717) is 6.42 Å². The number of carbonyl (C=O) groups is 1. The van der Waals surface area contributed by atoms with Crippen LogP contribution in [-0.4, -0.2) is 36.0 Å². The number of rotatable bonds is 5. The summed E-state index contributed by atoms with van der Waals surface area (Å²) in [5.41, 5.74) is 4.68. The van der Waals surface area contributed by atoms with Crippen molar-refractivity contribution in [2.45, 2.75) is 18.6 Å². The summed E-state index contributed by atoms with van der Waals surface area (Å²) >= 11 is 0. The van der Waals surface area contributed by atoms with E-state index in [0.717, 1.165) is 10.6 Å². The van der Waals surface area contributed by atoms with Gasteiger partial charge in [0.2, 0.25) is 0 Å². The Morgan fingerprint density at radius 3 is 2.59 bits per heavy atom. The number of hydrogen-bond donors (Lipinski definition) is 2. The van der Waals surface area contributed by atoms with Crippen LogP contribution in [0, 0.1) is 0 Å². The molecule has 0 bridgehead atoms. The van der Waals surface area contributed by atoms with Crippen molar-refractivity contribution < 1.29 is 14.7 Å². The van der Waals surface area contributed by atoms with Crippen LogP contribution in [0.25, 0.3) is 0 Å². The van der Waals surface area contributed by atoms with Crippen LogP contribution < -0.4 is 5.73 Å². The number of benzene rings is 1. The van der Waals surface area contributed by atoms with E-state index in [-0.39, 0.29) is 6.42 Å². The van der Waals surface area contributed by atoms with Crippen molar-refractivity contribution in [1.29, 1.82) is 0 Å². The van der Waals surface area contributed by atoms with Gasteiger partial charge in [0.15, 0.2) is 5.72 Å². The van der Waals surface area contributed by atoms with E-state index < -0.39 is 11.6 Å². The number of amides is 1. The Hall–Kier alpha value is -1.43. The van der Waals surface area contributed by atoms with Gasteiger partial charge in [0.1, 0.15) is 0 Å². The molecule has 0 heterocycles. The van der Waals surface area contributed by atoms with Gasteiger partial charge in [0.25, 0.3) is 5.91 Å². The molecule has 0 aliphatic carbocycles. The predicted molar refractivity (Wildman–Crippen MR) is 63.7 cm³/mol. The zero-order chi connectivity index (χ0) is 12.9. The van der Waals surface area contributed by atoms with E-state index in [4.69, 9.17) is 10.6 Å². The molecule has 0 aliphatic rings. The molecule has 5 heteroatoms. The monoisotopic (exact) mass is 238 g/mol. The molecule has 1 atom stereocenters. The lowest BCUT2D eigenvalue weighted by Crippen LogP contribution is -2.54. The number of nitrogens with two attached hydrogens (primary N) is 1. The first kappa shape index (κ1) is 13.6. The van der Waals surface area contributed by atoms with Crippen molar-refractivity contribution in [1.82, 2.24) is 5.06 Å². The highest BCUT2D eigenvalue weighted by atomic mass is 16.7. The molecule has 1 amide bonds. The number of hydroxylamine groups is 2. The number of nitrogens with zero attached hydrogens (tertiary/aromatic N) is 1. The van der Waals surface area contributed by atoms with Crippen LogP contribution in [-0.2, 0) is 16.1 Å². The molecule has 1 aromatic rings. The molecule has 0 aromatic heterocycles. The van der Waals surface area contributed by atoms with Gasteiger partial charge in [0, 0.05) is 13.5 Å². The SMILES string of the molecule is CON(C)C(=O)C(N)(O)CCc1ccccc1. The molecule has 0 saturated heterocycles. The lowest BCUT2D eigenvalue weighted by Gasteiger charge is -2.26. The minimum Gasteiger partial charge on any atom is -0.367 e. The van der Waals surface area contributed by atoms with Crippen molar-refractivity contribution in [3.05, 3.63) is 35.9 Å². The highest BCUT2D eigenvalue weighted by molar-refractivity contribution is 5.83. The molecular formula is C12H18N2O3. The van der Waals surface area contributed by atoms with Gasteiger partial charge in [-0.2, -0.15) is 0 Å². The van der Waals surface area contributed by atoms with Gasteiger partial charge < -0.3 is 5.11 Å². The second-order valence-electron chi connectivity index (χ2n) is 3.90. The van der Waals surface area contributed by atoms with Gasteiger partial charge in [0.05, 0.1) is 7.11 Å². The summed E-state index contributed by atoms with van der Waals surface area (Å²) in [5.74, 6) is -0.657. The first-order chi connectivity index (χ1) is 7.97. The molecular weight excluding hydrogens is 220 g/mol. The summed E-state index contributed by atoms with van der Waals surface area (Å²) in [7, 11) is 2.74. The summed E-state index contributed by atoms with van der Waals surface area (Å²) in [6, 6.07) is 9.53. The van der Waals surface area contributed by atoms with Crippen LogP contribution in [0.1, 0.15) is 12.0 Å². The van der Waals surface area contributed by atoms with Gasteiger partial charge in [-0.05, 0) is 12.0 Å². The molecule has 1 unspecified atom stereocenters. The zero-order valence-corrected chi connectivity index (χ0v) is 10.1. The van der Waals surface area contributed by atoms with Gasteiger partial charge in [-0.1, -0.05) is 30.3 Å². The molecule has 3 N–H and O–H groups in total. The molecule has 0 saturated carbocycles. The molecule has 0 fully saturated rings. The van der Waals surface area contributed by atoms with E-state index in [1.165, 1.54) is 14.2 Å². The summed E-state index contributed by atoms with van der Waals surface area (Å²) in [6.45, 7) is 0. The van der Waals surface area contributed by atoms with E-state index in [1.807, 2.05) is 30.3 Å². The summed E-state index contributed by atoms with van der Waals surface area (Å²) in [6.07, 6.45) is 0.667. The van der Waals surface area contributed by atoms with Crippen LogP contribution >= 0.6 is 0 Å². The molecule has 1 rings (SSSR count). The number of aryl methyl sites for hydroxylation is 1. The lowest BCUT2D eigenvalue weighted by molar-refractivity contribution is -0.188. The highest BCUT2D eigenvalue weighted by Gasteiger charge is 2.33. The smallest absolute Gasteiger partial charge is 0.292 e. The number of likely N-dealkylation sites (N-methyl/N-ethyl adjacent to an activating group) is 1. The third-order valence-corrected chi connectivity index (χ3v) is 2.57. The molecule has 5 nitrogen and oxygen atoms in total. The van der Waals surface area contributed by atoms with Crippen LogP contribution in [0.5, 0.6) is 0 Å². The lowest BCUT2D eigenvalue weighted by atomic mass is 10.0. The van der Waals surface area contributed by atoms with E-state index in [1.54, 1.807) is 0 Å². The van der Waals surface area contributed by atoms with E-state index in [9.17, 15) is 9.90 Å². The van der Waals surface area contributed by atoms with Gasteiger partial charge >= 0.3 is 0 Å². The summed E-state index contributed by atoms with van der Waals surface area (Å²) < 4.78 is 0. The average Bonchev–Trinajstić information content (AvgIpc) is 2.36. The summed E-state index contributed by atoms with van der Waals surface area (Å²) in [4.78, 5) is 16.3. The minimum absolute atomic E-state index is 0.142. The van der Waals surface area contributed by atoms with Crippen molar-refractivity contribution in [3.63, 3.8) is 0 Å². The molecule has 0 radical (unpaired) electrons. The minimum atomic E-state index is -1.90. The highest BCUT2D eigenvalue weighted by Crippen LogP contribution is 2.12. The first-order valence-electron chi connectivity index (χ1n) is 5.35. The van der Waals surface area contributed by atoms with Crippen molar-refractivity contribution >= 4 is 5.91 Å². The third kappa shape index (κ3) is 3.81. The topological polar surface area (TPSA) is 75.8 Å². The van der Waals surface area contributed by atoms with Crippen LogP contribution in [0.15, 0.2) is 30.3 Å². The quantitative estimate of drug-likeness (QED) is 0.571. The predicted octanol–water partition coefficient (Wildman–Crippen LogP) is 0.286. The van der Waals surface area contributed by atoms with E-state index in [2.05, 4.69) is 0 Å². The van der Waals surface area contributed by atoms with E-state index >= 15 is 0 Å².